The molecule has 0 saturated heterocycles. The Balaban J connectivity index is 1.93. The molecule has 16 heavy (non-hydrogen) atoms. The predicted octanol–water partition coefficient (Wildman–Crippen LogP) is -0.387. The molecule has 0 aliphatic heterocycles. The molecule has 0 aliphatic carbocycles. The Labute approximate surface area is 90.2 Å². The van der Waals surface area contributed by atoms with E-state index in [0.29, 0.717) is 11.7 Å². The lowest BCUT2D eigenvalue weighted by Crippen LogP contribution is -2.23. The third-order valence-electron chi connectivity index (χ3n) is 1.82. The number of carbonyl (C=O) groups is 1. The van der Waals surface area contributed by atoms with Gasteiger partial charge in [-0.05, 0) is 0 Å². The highest BCUT2D eigenvalue weighted by Gasteiger charge is 2.09. The first-order valence-electron chi connectivity index (χ1n) is 4.53. The van der Waals surface area contributed by atoms with Crippen LogP contribution in [-0.2, 0) is 6.54 Å². The van der Waals surface area contributed by atoms with Gasteiger partial charge in [-0.3, -0.25) is 9.89 Å². The lowest BCUT2D eigenvalue weighted by molar-refractivity contribution is 0.0944. The number of H-pyrrole nitrogens is 1. The number of rotatable bonds is 3. The van der Waals surface area contributed by atoms with Crippen LogP contribution in [0.1, 0.15) is 22.2 Å². The van der Waals surface area contributed by atoms with E-state index in [0.717, 1.165) is 0 Å². The molecule has 2 aromatic rings. The van der Waals surface area contributed by atoms with Crippen molar-refractivity contribution in [2.75, 3.05) is 5.73 Å². The molecule has 84 valence electrons. The van der Waals surface area contributed by atoms with E-state index in [2.05, 4.69) is 25.7 Å². The zero-order chi connectivity index (χ0) is 11.5. The van der Waals surface area contributed by atoms with Crippen LogP contribution < -0.4 is 11.1 Å². The molecule has 2 heterocycles. The molecule has 2 rings (SSSR count). The van der Waals surface area contributed by atoms with E-state index in [9.17, 15) is 4.79 Å². The number of hydrogen-bond donors (Lipinski definition) is 3. The molecule has 0 bridgehead atoms. The Bertz CT molecular complexity index is 502. The van der Waals surface area contributed by atoms with E-state index in [1.54, 1.807) is 6.92 Å². The lowest BCUT2D eigenvalue weighted by atomic mass is 10.4. The van der Waals surface area contributed by atoms with Gasteiger partial charge >= 0.3 is 0 Å². The fraction of sp³-hybridized carbons (Fsp3) is 0.250. The van der Waals surface area contributed by atoms with Crippen molar-refractivity contribution >= 4 is 11.7 Å². The van der Waals surface area contributed by atoms with Crippen molar-refractivity contribution in [2.45, 2.75) is 13.5 Å². The van der Waals surface area contributed by atoms with Gasteiger partial charge in [0, 0.05) is 13.0 Å². The number of aromatic amines is 1. The fourth-order valence-electron chi connectivity index (χ4n) is 1.12. The Morgan fingerprint density at radius 1 is 1.69 bits per heavy atom. The normalized spacial score (nSPS) is 10.3. The third kappa shape index (κ3) is 2.16. The zero-order valence-corrected chi connectivity index (χ0v) is 8.52. The summed E-state index contributed by atoms with van der Waals surface area (Å²) in [5.74, 6) is 0.806. The summed E-state index contributed by atoms with van der Waals surface area (Å²) in [5, 5.41) is 12.4. The Hall–Kier alpha value is -2.38. The van der Waals surface area contributed by atoms with Crippen molar-refractivity contribution in [3.05, 3.63) is 23.5 Å². The number of hydrogen-bond acceptors (Lipinski definition) is 6. The summed E-state index contributed by atoms with van der Waals surface area (Å²) in [7, 11) is 0. The van der Waals surface area contributed by atoms with Crippen LogP contribution in [0.5, 0.6) is 0 Å². The van der Waals surface area contributed by atoms with E-state index in [1.807, 2.05) is 0 Å². The zero-order valence-electron chi connectivity index (χ0n) is 8.52. The van der Waals surface area contributed by atoms with Crippen LogP contribution in [0, 0.1) is 6.92 Å². The average molecular weight is 222 g/mol. The van der Waals surface area contributed by atoms with E-state index in [4.69, 9.17) is 10.3 Å². The van der Waals surface area contributed by atoms with Crippen LogP contribution in [0.25, 0.3) is 0 Å². The molecule has 0 spiro atoms. The van der Waals surface area contributed by atoms with Gasteiger partial charge in [0.2, 0.25) is 5.89 Å². The smallest absolute Gasteiger partial charge is 0.269 e. The van der Waals surface area contributed by atoms with Crippen molar-refractivity contribution in [1.29, 1.82) is 0 Å². The number of nitrogens with two attached hydrogens (primary N) is 1. The molecule has 0 saturated carbocycles. The maximum atomic E-state index is 11.5. The number of nitrogens with one attached hydrogen (secondary N) is 2. The number of carbonyl (C=O) groups excluding carboxylic acids is 1. The molecule has 8 nitrogen and oxygen atoms in total. The van der Waals surface area contributed by atoms with E-state index >= 15 is 0 Å². The van der Waals surface area contributed by atoms with Gasteiger partial charge in [0.25, 0.3) is 5.91 Å². The second-order valence-electron chi connectivity index (χ2n) is 3.12. The highest BCUT2D eigenvalue weighted by Crippen LogP contribution is 2.00. The number of nitrogens with zero attached hydrogens (tertiary/aromatic N) is 3. The van der Waals surface area contributed by atoms with E-state index in [1.165, 1.54) is 6.07 Å². The number of amides is 1. The summed E-state index contributed by atoms with van der Waals surface area (Å²) < 4.78 is 4.75. The van der Waals surface area contributed by atoms with Gasteiger partial charge in [-0.1, -0.05) is 5.16 Å². The number of aryl methyl sites for hydroxylation is 1. The van der Waals surface area contributed by atoms with Gasteiger partial charge in [0.05, 0.1) is 6.54 Å². The minimum atomic E-state index is -0.327. The number of nitrogen functional groups attached to an aromatic ring is 1. The molecule has 0 aliphatic rings. The number of anilines is 1. The Morgan fingerprint density at radius 3 is 3.06 bits per heavy atom. The summed E-state index contributed by atoms with van der Waals surface area (Å²) in [5.41, 5.74) is 5.65. The Kier molecular flexibility index (Phi) is 2.54. The summed E-state index contributed by atoms with van der Waals surface area (Å²) in [6.07, 6.45) is 0. The topological polar surface area (TPSA) is 123 Å². The molecule has 0 unspecified atom stereocenters. The first kappa shape index (κ1) is 10.1. The van der Waals surface area contributed by atoms with Gasteiger partial charge < -0.3 is 15.6 Å². The van der Waals surface area contributed by atoms with E-state index in [-0.39, 0.29) is 24.0 Å². The quantitative estimate of drug-likeness (QED) is 0.650. The maximum absolute atomic E-state index is 11.5. The lowest BCUT2D eigenvalue weighted by Gasteiger charge is -1.98. The minimum Gasteiger partial charge on any atom is -0.382 e. The van der Waals surface area contributed by atoms with Crippen LogP contribution >= 0.6 is 0 Å². The van der Waals surface area contributed by atoms with Crippen LogP contribution in [0.15, 0.2) is 10.6 Å². The summed E-state index contributed by atoms with van der Waals surface area (Å²) >= 11 is 0. The average Bonchev–Trinajstić information content (AvgIpc) is 2.84. The molecule has 0 radical (unpaired) electrons. The molecular formula is C8H10N6O2. The van der Waals surface area contributed by atoms with Crippen LogP contribution in [0.4, 0.5) is 5.82 Å². The molecule has 0 aromatic carbocycles. The largest absolute Gasteiger partial charge is 0.382 e. The number of aromatic nitrogens is 4. The molecule has 0 atom stereocenters. The van der Waals surface area contributed by atoms with Crippen molar-refractivity contribution in [2.24, 2.45) is 0 Å². The summed E-state index contributed by atoms with van der Waals surface area (Å²) in [6.45, 7) is 1.86. The molecule has 8 heteroatoms. The minimum absolute atomic E-state index is 0.190. The van der Waals surface area contributed by atoms with Gasteiger partial charge in [-0.25, -0.2) is 0 Å². The predicted molar refractivity (Wildman–Crippen MR) is 53.2 cm³/mol. The van der Waals surface area contributed by atoms with Crippen molar-refractivity contribution in [1.82, 2.24) is 25.7 Å². The van der Waals surface area contributed by atoms with E-state index < -0.39 is 0 Å². The van der Waals surface area contributed by atoms with Crippen LogP contribution in [-0.4, -0.2) is 26.2 Å². The molecule has 1 amide bonds. The first-order valence-corrected chi connectivity index (χ1v) is 4.53. The van der Waals surface area contributed by atoms with Gasteiger partial charge in [0.1, 0.15) is 11.5 Å². The molecular weight excluding hydrogens is 212 g/mol. The van der Waals surface area contributed by atoms with Gasteiger partial charge in [-0.15, -0.1) is 0 Å². The standard InChI is InChI=1S/C8H10N6O2/c1-4-11-7(14-16-4)3-10-8(15)5-2-6(9)13-12-5/h2H,3H2,1H3,(H,10,15)(H3,9,12,13). The highest BCUT2D eigenvalue weighted by atomic mass is 16.5. The Morgan fingerprint density at radius 2 is 2.50 bits per heavy atom. The van der Waals surface area contributed by atoms with Gasteiger partial charge in [0.15, 0.2) is 5.82 Å². The van der Waals surface area contributed by atoms with Crippen LogP contribution in [0.2, 0.25) is 0 Å². The van der Waals surface area contributed by atoms with Gasteiger partial charge in [-0.2, -0.15) is 10.1 Å². The molecule has 4 N–H and O–H groups in total. The fourth-order valence-corrected chi connectivity index (χ4v) is 1.12. The third-order valence-corrected chi connectivity index (χ3v) is 1.82. The van der Waals surface area contributed by atoms with Crippen molar-refractivity contribution < 1.29 is 9.32 Å². The van der Waals surface area contributed by atoms with Crippen LogP contribution in [0.3, 0.4) is 0 Å². The summed E-state index contributed by atoms with van der Waals surface area (Å²) in [4.78, 5) is 15.5. The molecule has 2 aromatic heterocycles. The second-order valence-corrected chi connectivity index (χ2v) is 3.12. The summed E-state index contributed by atoms with van der Waals surface area (Å²) in [6, 6.07) is 1.44. The monoisotopic (exact) mass is 222 g/mol. The molecule has 0 fully saturated rings. The van der Waals surface area contributed by atoms with Crippen molar-refractivity contribution in [3.63, 3.8) is 0 Å². The first-order chi connectivity index (χ1) is 7.65. The highest BCUT2D eigenvalue weighted by molar-refractivity contribution is 5.92. The second kappa shape index (κ2) is 4.01. The SMILES string of the molecule is Cc1nc(CNC(=O)c2cc(N)n[nH]2)no1. The van der Waals surface area contributed by atoms with Crippen molar-refractivity contribution in [3.8, 4) is 0 Å². The maximum Gasteiger partial charge on any atom is 0.269 e.